The molecule has 2 aromatic rings. The Kier molecular flexibility index (Phi) is 4.68. The van der Waals surface area contributed by atoms with E-state index in [4.69, 9.17) is 0 Å². The Morgan fingerprint density at radius 3 is 2.43 bits per heavy atom. The van der Waals surface area contributed by atoms with Crippen molar-refractivity contribution in [3.63, 3.8) is 0 Å². The van der Waals surface area contributed by atoms with Gasteiger partial charge in [-0.3, -0.25) is 9.59 Å². The van der Waals surface area contributed by atoms with Crippen LogP contribution in [-0.4, -0.2) is 53.3 Å². The number of imide groups is 1. The summed E-state index contributed by atoms with van der Waals surface area (Å²) in [5, 5.41) is 11.4. The summed E-state index contributed by atoms with van der Waals surface area (Å²) in [4.78, 5) is 42.3. The van der Waals surface area contributed by atoms with Gasteiger partial charge in [-0.1, -0.05) is 18.2 Å². The first kappa shape index (κ1) is 18.0. The van der Waals surface area contributed by atoms with Crippen molar-refractivity contribution < 1.29 is 19.1 Å². The number of likely N-dealkylation sites (tertiary alicyclic amines) is 1. The largest absolute Gasteiger partial charge is 0.619 e. The van der Waals surface area contributed by atoms with E-state index in [-0.39, 0.29) is 30.4 Å². The first-order valence-corrected chi connectivity index (χ1v) is 9.21. The number of piperidine rings is 1. The number of nitrogens with zero attached hydrogens (tertiary/aromatic N) is 4. The lowest BCUT2D eigenvalue weighted by Gasteiger charge is -2.36. The zero-order valence-electron chi connectivity index (χ0n) is 15.2. The van der Waals surface area contributed by atoms with Crippen molar-refractivity contribution in [2.24, 2.45) is 0 Å². The highest BCUT2D eigenvalue weighted by Crippen LogP contribution is 2.26. The molecule has 0 bridgehead atoms. The fourth-order valence-corrected chi connectivity index (χ4v) is 3.78. The van der Waals surface area contributed by atoms with E-state index in [1.54, 1.807) is 46.2 Å². The van der Waals surface area contributed by atoms with Gasteiger partial charge in [0.1, 0.15) is 12.1 Å². The van der Waals surface area contributed by atoms with Crippen LogP contribution in [0.2, 0.25) is 0 Å². The molecule has 2 aliphatic heterocycles. The first-order valence-electron chi connectivity index (χ1n) is 9.21. The van der Waals surface area contributed by atoms with Crippen molar-refractivity contribution in [2.75, 3.05) is 24.5 Å². The van der Waals surface area contributed by atoms with Gasteiger partial charge in [0, 0.05) is 25.2 Å². The Labute approximate surface area is 162 Å². The fourth-order valence-electron chi connectivity index (χ4n) is 3.78. The van der Waals surface area contributed by atoms with Crippen LogP contribution in [0.15, 0.2) is 54.9 Å². The molecule has 0 unspecified atom stereocenters. The highest BCUT2D eigenvalue weighted by atomic mass is 16.5. The van der Waals surface area contributed by atoms with Crippen LogP contribution in [-0.2, 0) is 4.79 Å². The number of para-hydroxylation sites is 1. The van der Waals surface area contributed by atoms with Gasteiger partial charge in [0.15, 0.2) is 12.4 Å². The third-order valence-electron chi connectivity index (χ3n) is 5.22. The van der Waals surface area contributed by atoms with Crippen molar-refractivity contribution >= 4 is 23.5 Å². The molecule has 0 radical (unpaired) electrons. The average molecular weight is 380 g/mol. The van der Waals surface area contributed by atoms with Gasteiger partial charge in [-0.25, -0.2) is 9.69 Å². The van der Waals surface area contributed by atoms with Gasteiger partial charge in [0.2, 0.25) is 0 Å². The zero-order valence-corrected chi connectivity index (χ0v) is 15.2. The smallest absolute Gasteiger partial charge is 0.332 e. The summed E-state index contributed by atoms with van der Waals surface area (Å²) in [5.74, 6) is -0.433. The maximum Gasteiger partial charge on any atom is 0.332 e. The van der Waals surface area contributed by atoms with Crippen LogP contribution in [0.25, 0.3) is 0 Å². The lowest BCUT2D eigenvalue weighted by molar-refractivity contribution is -0.605. The lowest BCUT2D eigenvalue weighted by Crippen LogP contribution is -2.48. The van der Waals surface area contributed by atoms with E-state index in [1.165, 1.54) is 17.3 Å². The van der Waals surface area contributed by atoms with Crippen molar-refractivity contribution in [3.05, 3.63) is 65.6 Å². The molecule has 0 atom stereocenters. The quantitative estimate of drug-likeness (QED) is 0.457. The van der Waals surface area contributed by atoms with Crippen molar-refractivity contribution in [1.29, 1.82) is 0 Å². The third kappa shape index (κ3) is 3.28. The predicted octanol–water partition coefficient (Wildman–Crippen LogP) is 1.39. The summed E-state index contributed by atoms with van der Waals surface area (Å²) < 4.78 is 0.604. The van der Waals surface area contributed by atoms with E-state index in [0.717, 1.165) is 0 Å². The number of benzene rings is 1. The normalized spacial score (nSPS) is 18.1. The van der Waals surface area contributed by atoms with Crippen LogP contribution in [0.1, 0.15) is 23.2 Å². The van der Waals surface area contributed by atoms with Crippen molar-refractivity contribution in [1.82, 2.24) is 9.80 Å². The molecule has 1 aromatic heterocycles. The Hall–Kier alpha value is -3.42. The molecular formula is C20H20N4O4. The van der Waals surface area contributed by atoms with E-state index in [2.05, 4.69) is 0 Å². The van der Waals surface area contributed by atoms with Gasteiger partial charge < -0.3 is 15.0 Å². The van der Waals surface area contributed by atoms with Gasteiger partial charge in [-0.05, 0) is 31.0 Å². The van der Waals surface area contributed by atoms with Gasteiger partial charge >= 0.3 is 6.03 Å². The Morgan fingerprint density at radius 1 is 1.04 bits per heavy atom. The molecule has 2 aliphatic rings. The number of carbonyl (C=O) groups excluding carboxylic acids is 3. The number of hydrogen-bond donors (Lipinski definition) is 0. The number of urea groups is 1. The summed E-state index contributed by atoms with van der Waals surface area (Å²) in [6.45, 7) is 1.00. The topological polar surface area (TPSA) is 87.9 Å². The predicted molar refractivity (Wildman–Crippen MR) is 100 cm³/mol. The van der Waals surface area contributed by atoms with Crippen LogP contribution < -0.4 is 9.63 Å². The fraction of sp³-hybridized carbons (Fsp3) is 0.300. The van der Waals surface area contributed by atoms with E-state index in [9.17, 15) is 19.6 Å². The molecular weight excluding hydrogens is 360 g/mol. The van der Waals surface area contributed by atoms with E-state index < -0.39 is 0 Å². The SMILES string of the molecule is O=C(c1ccc[n+]([O-])c1)N1CCC(N2CC(=O)N(c3ccccc3)C2=O)CC1. The summed E-state index contributed by atoms with van der Waals surface area (Å²) in [5.41, 5.74) is 0.918. The van der Waals surface area contributed by atoms with Gasteiger partial charge in [0.25, 0.3) is 11.8 Å². The van der Waals surface area contributed by atoms with Crippen molar-refractivity contribution in [2.45, 2.75) is 18.9 Å². The highest BCUT2D eigenvalue weighted by Gasteiger charge is 2.41. The standard InChI is InChI=1S/C20H20N4O4/c25-18-14-23(20(27)24(18)17-6-2-1-3-7-17)16-8-11-21(12-9-16)19(26)15-5-4-10-22(28)13-15/h1-7,10,13,16H,8-9,11-12,14H2. The molecule has 4 amide bonds. The Bertz CT molecular complexity index is 909. The minimum Gasteiger partial charge on any atom is -0.619 e. The molecule has 28 heavy (non-hydrogen) atoms. The molecule has 0 spiro atoms. The Balaban J connectivity index is 1.41. The van der Waals surface area contributed by atoms with Crippen LogP contribution in [0.3, 0.4) is 0 Å². The second-order valence-electron chi connectivity index (χ2n) is 6.95. The Morgan fingerprint density at radius 2 is 1.75 bits per heavy atom. The summed E-state index contributed by atoms with van der Waals surface area (Å²) >= 11 is 0. The molecule has 8 nitrogen and oxygen atoms in total. The molecule has 4 rings (SSSR count). The minimum absolute atomic E-state index is 0.0568. The summed E-state index contributed by atoms with van der Waals surface area (Å²) in [6, 6.07) is 11.6. The molecule has 3 heterocycles. The maximum absolute atomic E-state index is 12.8. The number of amides is 4. The molecule has 0 aliphatic carbocycles. The molecule has 1 aromatic carbocycles. The van der Waals surface area contributed by atoms with Gasteiger partial charge in [0.05, 0.1) is 5.69 Å². The maximum atomic E-state index is 12.8. The number of pyridine rings is 1. The zero-order chi connectivity index (χ0) is 19.7. The summed E-state index contributed by atoms with van der Waals surface area (Å²) in [6.07, 6.45) is 3.78. The van der Waals surface area contributed by atoms with Crippen LogP contribution in [0.5, 0.6) is 0 Å². The number of hydrogen-bond acceptors (Lipinski definition) is 4. The average Bonchev–Trinajstić information content (AvgIpc) is 3.02. The monoisotopic (exact) mass is 380 g/mol. The van der Waals surface area contributed by atoms with Crippen molar-refractivity contribution in [3.8, 4) is 0 Å². The first-order chi connectivity index (χ1) is 13.5. The van der Waals surface area contributed by atoms with Gasteiger partial charge in [-0.2, -0.15) is 4.73 Å². The molecule has 2 saturated heterocycles. The van der Waals surface area contributed by atoms with Crippen LogP contribution in [0.4, 0.5) is 10.5 Å². The summed E-state index contributed by atoms with van der Waals surface area (Å²) in [7, 11) is 0. The molecule has 0 N–H and O–H groups in total. The van der Waals surface area contributed by atoms with E-state index in [0.29, 0.717) is 41.9 Å². The third-order valence-corrected chi connectivity index (χ3v) is 5.22. The van der Waals surface area contributed by atoms with Crippen LogP contribution >= 0.6 is 0 Å². The number of anilines is 1. The highest BCUT2D eigenvalue weighted by molar-refractivity contribution is 6.19. The number of carbonyl (C=O) groups is 3. The van der Waals surface area contributed by atoms with Crippen LogP contribution in [0, 0.1) is 5.21 Å². The second kappa shape index (κ2) is 7.30. The second-order valence-corrected chi connectivity index (χ2v) is 6.95. The number of rotatable bonds is 3. The van der Waals surface area contributed by atoms with E-state index >= 15 is 0 Å². The van der Waals surface area contributed by atoms with Gasteiger partial charge in [-0.15, -0.1) is 0 Å². The lowest BCUT2D eigenvalue weighted by atomic mass is 10.0. The molecule has 8 heteroatoms. The molecule has 144 valence electrons. The molecule has 2 fully saturated rings. The van der Waals surface area contributed by atoms with E-state index in [1.807, 2.05) is 6.07 Å². The number of aromatic nitrogens is 1. The molecule has 0 saturated carbocycles. The minimum atomic E-state index is -0.309.